The van der Waals surface area contributed by atoms with Crippen molar-refractivity contribution in [1.29, 1.82) is 0 Å². The Morgan fingerprint density at radius 3 is 1.94 bits per heavy atom. The van der Waals surface area contributed by atoms with E-state index in [2.05, 4.69) is 20.4 Å². The molecular weight excluding hydrogens is 600 g/mol. The van der Waals surface area contributed by atoms with Crippen LogP contribution in [0.15, 0.2) is 48.5 Å². The molecule has 2 saturated heterocycles. The van der Waals surface area contributed by atoms with Gasteiger partial charge in [-0.15, -0.1) is 0 Å². The summed E-state index contributed by atoms with van der Waals surface area (Å²) in [6.45, 7) is 8.27. The molecular formula is C33H44N10O4. The molecule has 14 nitrogen and oxygen atoms in total. The Morgan fingerprint density at radius 2 is 1.34 bits per heavy atom. The SMILES string of the molecule is CC(=O)N1CCCN(c2nc(-c3ccc(NC(=O)Nc4ccc(C(=O)N(C)CCN(C)C)cc4)cc3)nc(N3CCOCC3)n2)CC1. The maximum atomic E-state index is 12.8. The van der Waals surface area contributed by atoms with Gasteiger partial charge in [0.25, 0.3) is 5.91 Å². The molecule has 2 fully saturated rings. The Labute approximate surface area is 275 Å². The molecule has 2 aromatic carbocycles. The Hall–Kier alpha value is -4.82. The van der Waals surface area contributed by atoms with E-state index in [1.165, 1.54) is 0 Å². The first-order chi connectivity index (χ1) is 22.7. The third-order valence-electron chi connectivity index (χ3n) is 8.15. The molecule has 47 heavy (non-hydrogen) atoms. The minimum absolute atomic E-state index is 0.0728. The summed E-state index contributed by atoms with van der Waals surface area (Å²) in [5.74, 6) is 1.70. The number of nitrogens with one attached hydrogen (secondary N) is 2. The van der Waals surface area contributed by atoms with Crippen LogP contribution in [0.1, 0.15) is 23.7 Å². The van der Waals surface area contributed by atoms with Crippen LogP contribution < -0.4 is 20.4 Å². The van der Waals surface area contributed by atoms with E-state index < -0.39 is 6.03 Å². The van der Waals surface area contributed by atoms with Gasteiger partial charge in [0.2, 0.25) is 17.8 Å². The number of likely N-dealkylation sites (N-methyl/N-ethyl adjacent to an activating group) is 2. The Bertz CT molecular complexity index is 1530. The van der Waals surface area contributed by atoms with Gasteiger partial charge in [-0.3, -0.25) is 9.59 Å². The van der Waals surface area contributed by atoms with Gasteiger partial charge < -0.3 is 39.9 Å². The zero-order valence-corrected chi connectivity index (χ0v) is 27.6. The molecule has 2 aliphatic rings. The van der Waals surface area contributed by atoms with Crippen molar-refractivity contribution in [2.45, 2.75) is 13.3 Å². The summed E-state index contributed by atoms with van der Waals surface area (Å²) in [4.78, 5) is 61.7. The van der Waals surface area contributed by atoms with Gasteiger partial charge in [-0.1, -0.05) is 0 Å². The van der Waals surface area contributed by atoms with Crippen LogP contribution in [0, 0.1) is 0 Å². The molecule has 0 aliphatic carbocycles. The van der Waals surface area contributed by atoms with Crippen molar-refractivity contribution in [3.63, 3.8) is 0 Å². The van der Waals surface area contributed by atoms with Crippen LogP contribution in [0.3, 0.4) is 0 Å². The number of amides is 4. The van der Waals surface area contributed by atoms with Gasteiger partial charge in [-0.05, 0) is 69.0 Å². The van der Waals surface area contributed by atoms with Crippen LogP contribution in [-0.2, 0) is 9.53 Å². The quantitative estimate of drug-likeness (QED) is 0.358. The highest BCUT2D eigenvalue weighted by Gasteiger charge is 2.23. The molecule has 3 heterocycles. The van der Waals surface area contributed by atoms with E-state index in [-0.39, 0.29) is 11.8 Å². The van der Waals surface area contributed by atoms with Crippen LogP contribution in [0.5, 0.6) is 0 Å². The lowest BCUT2D eigenvalue weighted by atomic mass is 10.2. The second-order valence-corrected chi connectivity index (χ2v) is 12.0. The molecule has 0 bridgehead atoms. The van der Waals surface area contributed by atoms with E-state index in [1.807, 2.05) is 36.0 Å². The lowest BCUT2D eigenvalue weighted by Crippen LogP contribution is -2.38. The van der Waals surface area contributed by atoms with Crippen LogP contribution in [0.2, 0.25) is 0 Å². The summed E-state index contributed by atoms with van der Waals surface area (Å²) >= 11 is 0. The molecule has 4 amide bonds. The van der Waals surface area contributed by atoms with Crippen molar-refractivity contribution in [2.24, 2.45) is 0 Å². The van der Waals surface area contributed by atoms with Gasteiger partial charge in [-0.2, -0.15) is 15.0 Å². The smallest absolute Gasteiger partial charge is 0.323 e. The van der Waals surface area contributed by atoms with Crippen LogP contribution in [0.25, 0.3) is 11.4 Å². The average Bonchev–Trinajstić information content (AvgIpc) is 3.35. The number of nitrogens with zero attached hydrogens (tertiary/aromatic N) is 8. The molecule has 2 N–H and O–H groups in total. The van der Waals surface area contributed by atoms with Gasteiger partial charge in [0.15, 0.2) is 5.82 Å². The van der Waals surface area contributed by atoms with E-state index in [0.717, 1.165) is 25.1 Å². The zero-order chi connectivity index (χ0) is 33.3. The highest BCUT2D eigenvalue weighted by Crippen LogP contribution is 2.24. The Balaban J connectivity index is 1.25. The molecule has 0 atom stereocenters. The number of ether oxygens (including phenoxy) is 1. The van der Waals surface area contributed by atoms with Gasteiger partial charge in [0.1, 0.15) is 0 Å². The average molecular weight is 645 g/mol. The lowest BCUT2D eigenvalue weighted by Gasteiger charge is -2.28. The number of benzene rings is 2. The third kappa shape index (κ3) is 9.14. The molecule has 0 spiro atoms. The number of rotatable bonds is 9. The third-order valence-corrected chi connectivity index (χ3v) is 8.15. The monoisotopic (exact) mass is 644 g/mol. The fourth-order valence-electron chi connectivity index (χ4n) is 5.33. The maximum absolute atomic E-state index is 12.8. The van der Waals surface area contributed by atoms with Crippen molar-refractivity contribution in [2.75, 3.05) is 107 Å². The van der Waals surface area contributed by atoms with Gasteiger partial charge in [0.05, 0.1) is 13.2 Å². The molecule has 5 rings (SSSR count). The molecule has 3 aromatic rings. The van der Waals surface area contributed by atoms with Crippen LogP contribution in [0.4, 0.5) is 28.1 Å². The number of hydrogen-bond acceptors (Lipinski definition) is 10. The highest BCUT2D eigenvalue weighted by molar-refractivity contribution is 6.00. The van der Waals surface area contributed by atoms with Crippen molar-refractivity contribution < 1.29 is 19.1 Å². The predicted molar refractivity (Wildman–Crippen MR) is 182 cm³/mol. The molecule has 0 unspecified atom stereocenters. The van der Waals surface area contributed by atoms with E-state index in [0.29, 0.717) is 87.1 Å². The summed E-state index contributed by atoms with van der Waals surface area (Å²) in [7, 11) is 5.71. The summed E-state index contributed by atoms with van der Waals surface area (Å²) in [6, 6.07) is 13.8. The van der Waals surface area contributed by atoms with E-state index in [9.17, 15) is 14.4 Å². The first-order valence-corrected chi connectivity index (χ1v) is 15.9. The predicted octanol–water partition coefficient (Wildman–Crippen LogP) is 2.71. The second kappa shape index (κ2) is 15.6. The molecule has 14 heteroatoms. The summed E-state index contributed by atoms with van der Waals surface area (Å²) in [6.07, 6.45) is 0.826. The summed E-state index contributed by atoms with van der Waals surface area (Å²) < 4.78 is 5.54. The van der Waals surface area contributed by atoms with Crippen molar-refractivity contribution >= 4 is 41.1 Å². The second-order valence-electron chi connectivity index (χ2n) is 12.0. The summed E-state index contributed by atoms with van der Waals surface area (Å²) in [5.41, 5.74) is 2.50. The molecule has 2 aliphatic heterocycles. The number of carbonyl (C=O) groups excluding carboxylic acids is 3. The van der Waals surface area contributed by atoms with Crippen molar-refractivity contribution in [3.05, 3.63) is 54.1 Å². The standard InChI is InChI=1S/C33H44N10O4/c1-24(44)41-14-5-15-42(19-18-41)31-36-29(37-32(38-31)43-20-22-47-23-21-43)25-6-10-27(11-7-25)34-33(46)35-28-12-8-26(9-13-28)30(45)40(4)17-16-39(2)3/h6-13H,5,14-23H2,1-4H3,(H2,34,35,46). The number of morpholine rings is 1. The molecule has 250 valence electrons. The topological polar surface area (TPSA) is 139 Å². The number of aromatic nitrogens is 3. The fraction of sp³-hybridized carbons (Fsp3) is 0.455. The summed E-state index contributed by atoms with van der Waals surface area (Å²) in [5, 5.41) is 5.67. The first-order valence-electron chi connectivity index (χ1n) is 15.9. The minimum Gasteiger partial charge on any atom is -0.378 e. The minimum atomic E-state index is -0.405. The van der Waals surface area contributed by atoms with Gasteiger partial charge in [0, 0.05) is 88.8 Å². The van der Waals surface area contributed by atoms with E-state index >= 15 is 0 Å². The maximum Gasteiger partial charge on any atom is 0.323 e. The Kier molecular flexibility index (Phi) is 11.2. The molecule has 0 saturated carbocycles. The molecule has 1 aromatic heterocycles. The molecule has 0 radical (unpaired) electrons. The largest absolute Gasteiger partial charge is 0.378 e. The fourth-order valence-corrected chi connectivity index (χ4v) is 5.33. The lowest BCUT2D eigenvalue weighted by molar-refractivity contribution is -0.128. The van der Waals surface area contributed by atoms with Crippen molar-refractivity contribution in [3.8, 4) is 11.4 Å². The van der Waals surface area contributed by atoms with E-state index in [1.54, 1.807) is 55.3 Å². The highest BCUT2D eigenvalue weighted by atomic mass is 16.5. The number of urea groups is 1. The van der Waals surface area contributed by atoms with Crippen LogP contribution >= 0.6 is 0 Å². The Morgan fingerprint density at radius 1 is 0.745 bits per heavy atom. The zero-order valence-electron chi connectivity index (χ0n) is 27.6. The number of anilines is 4. The first kappa shape index (κ1) is 33.5. The van der Waals surface area contributed by atoms with E-state index in [4.69, 9.17) is 19.7 Å². The number of carbonyl (C=O) groups is 3. The van der Waals surface area contributed by atoms with Gasteiger partial charge >= 0.3 is 6.03 Å². The normalized spacial score (nSPS) is 15.3. The van der Waals surface area contributed by atoms with Crippen molar-refractivity contribution in [1.82, 2.24) is 29.7 Å². The number of hydrogen-bond donors (Lipinski definition) is 2. The van der Waals surface area contributed by atoms with Gasteiger partial charge in [-0.25, -0.2) is 4.79 Å². The van der Waals surface area contributed by atoms with Crippen LogP contribution in [-0.4, -0.2) is 134 Å².